The lowest BCUT2D eigenvalue weighted by atomic mass is 9.77. The number of aliphatic hydroxyl groups is 4. The number of hydrogen-bond donors (Lipinski definition) is 10. The van der Waals surface area contributed by atoms with Crippen LogP contribution in [-0.2, 0) is 0 Å². The fourth-order valence-electron chi connectivity index (χ4n) is 13.1. The minimum absolute atomic E-state index is 0.00205. The molecular weight excluding hydrogens is 937 g/mol. The van der Waals surface area contributed by atoms with Crippen molar-refractivity contribution in [3.8, 4) is 45.6 Å². The number of benzene rings is 8. The van der Waals surface area contributed by atoms with Gasteiger partial charge in [0, 0.05) is 37.5 Å². The predicted octanol–water partition coefficient (Wildman–Crippen LogP) is 10.7. The molecule has 12 heteroatoms. The maximum absolute atomic E-state index is 12.7. The van der Waals surface area contributed by atoms with Crippen LogP contribution in [0.25, 0.3) is 55.0 Å². The third-order valence-electron chi connectivity index (χ3n) is 16.1. The molecule has 370 valence electrons. The van der Waals surface area contributed by atoms with Gasteiger partial charge in [0.05, 0.1) is 46.3 Å². The Hall–Kier alpha value is -8.26. The van der Waals surface area contributed by atoms with E-state index in [0.717, 1.165) is 77.9 Å². The van der Waals surface area contributed by atoms with E-state index in [4.69, 9.17) is 0 Å². The molecule has 0 radical (unpaired) electrons. The van der Waals surface area contributed by atoms with Crippen molar-refractivity contribution in [3.05, 3.63) is 188 Å². The Morgan fingerprint density at radius 1 is 0.365 bits per heavy atom. The number of phenolic OH excluding ortho intramolecular Hbond substituents is 6. The normalized spacial score (nSPS) is 21.4. The number of phenols is 6. The fourth-order valence-corrected chi connectivity index (χ4v) is 13.1. The third kappa shape index (κ3) is 6.82. The highest BCUT2D eigenvalue weighted by atomic mass is 16.3. The van der Waals surface area contributed by atoms with Crippen LogP contribution < -0.4 is 0 Å². The lowest BCUT2D eigenvalue weighted by Crippen LogP contribution is -2.22. The van der Waals surface area contributed by atoms with Gasteiger partial charge in [-0.15, -0.1) is 0 Å². The number of hydrogen-bond acceptors (Lipinski definition) is 12. The lowest BCUT2D eigenvalue weighted by molar-refractivity contribution is 0.0964. The van der Waals surface area contributed by atoms with Crippen molar-refractivity contribution >= 4 is 55.4 Å². The second kappa shape index (κ2) is 17.2. The van der Waals surface area contributed by atoms with E-state index in [-0.39, 0.29) is 83.6 Å². The van der Waals surface area contributed by atoms with Crippen molar-refractivity contribution in [2.24, 2.45) is 0 Å². The number of aromatic hydroxyl groups is 6. The Balaban J connectivity index is 0.000000113. The molecule has 74 heavy (non-hydrogen) atoms. The summed E-state index contributed by atoms with van der Waals surface area (Å²) in [5.41, 5.74) is 14.8. The van der Waals surface area contributed by atoms with E-state index in [1.807, 2.05) is 62.4 Å². The number of rotatable bonds is 1. The van der Waals surface area contributed by atoms with Gasteiger partial charge in [0.2, 0.25) is 0 Å². The summed E-state index contributed by atoms with van der Waals surface area (Å²) in [4.78, 5) is 25.3. The average Bonchev–Trinajstić information content (AvgIpc) is 3.90. The molecule has 0 saturated carbocycles. The topological polar surface area (TPSA) is 236 Å². The molecule has 14 rings (SSSR count). The lowest BCUT2D eigenvalue weighted by Gasteiger charge is -2.30. The van der Waals surface area contributed by atoms with Crippen molar-refractivity contribution in [1.82, 2.24) is 0 Å². The first-order chi connectivity index (χ1) is 35.5. The maximum atomic E-state index is 12.7. The zero-order valence-electron chi connectivity index (χ0n) is 40.1. The number of ketones is 2. The van der Waals surface area contributed by atoms with Gasteiger partial charge in [0.15, 0.2) is 11.6 Å². The molecule has 0 aromatic heterocycles. The van der Waals surface area contributed by atoms with E-state index in [1.165, 1.54) is 36.4 Å². The maximum Gasteiger partial charge on any atom is 0.168 e. The monoisotopic (exact) mass is 986 g/mol. The molecule has 10 N–H and O–H groups in total. The van der Waals surface area contributed by atoms with Crippen LogP contribution in [0.5, 0.6) is 34.5 Å². The molecule has 8 aromatic carbocycles. The zero-order valence-corrected chi connectivity index (χ0v) is 40.1. The molecule has 8 aromatic rings. The van der Waals surface area contributed by atoms with Crippen LogP contribution >= 0.6 is 0 Å². The van der Waals surface area contributed by atoms with Gasteiger partial charge in [0.1, 0.15) is 34.5 Å². The number of fused-ring (bicyclic) bond motifs is 10. The number of carbonyl (C=O) groups excluding carboxylic acids is 2. The number of aliphatic hydroxyl groups excluding tert-OH is 4. The minimum Gasteiger partial charge on any atom is -0.507 e. The van der Waals surface area contributed by atoms with Gasteiger partial charge in [-0.3, -0.25) is 9.59 Å². The van der Waals surface area contributed by atoms with Gasteiger partial charge >= 0.3 is 0 Å². The smallest absolute Gasteiger partial charge is 0.168 e. The Morgan fingerprint density at radius 2 is 0.730 bits per heavy atom. The number of Topliss-reactive ketones (excluding diaryl/α,β-unsaturated/α-hetero) is 2. The van der Waals surface area contributed by atoms with Crippen LogP contribution in [0.4, 0.5) is 0 Å². The standard InChI is InChI=1S/2C21H18O4.C20H14O4/c2*1-9-5-6-10-12-7-14(23)19-11(3-2-4-13(19)22)18(12)21-16(25)8-15(24)17(9)20(10)21;21-15-5-1-3-13-11(7-9-17(23)19(13)15)12-8-10-18(24)20-14(12)4-2-6-16(20)22/h2*2-6,12,15-16,22,24-25H,7-8H2,1H3;1-10,21-24H/t12?,15-,16+;12?,15-,16-;/m10./s1. The molecule has 0 fully saturated rings. The van der Waals surface area contributed by atoms with E-state index in [2.05, 4.69) is 0 Å². The van der Waals surface area contributed by atoms with E-state index in [9.17, 15) is 60.7 Å². The van der Waals surface area contributed by atoms with Gasteiger partial charge in [-0.1, -0.05) is 84.9 Å². The zero-order chi connectivity index (χ0) is 51.8. The van der Waals surface area contributed by atoms with Crippen molar-refractivity contribution in [2.45, 2.75) is 75.8 Å². The molecule has 0 spiro atoms. The molecular formula is C62H50O12. The summed E-state index contributed by atoms with van der Waals surface area (Å²) < 4.78 is 0. The predicted molar refractivity (Wildman–Crippen MR) is 280 cm³/mol. The van der Waals surface area contributed by atoms with E-state index in [0.29, 0.717) is 43.8 Å². The molecule has 0 saturated heterocycles. The van der Waals surface area contributed by atoms with Crippen LogP contribution in [0.3, 0.4) is 0 Å². The molecule has 0 amide bonds. The van der Waals surface area contributed by atoms with Gasteiger partial charge in [0.25, 0.3) is 0 Å². The Bertz CT molecular complexity index is 3600. The van der Waals surface area contributed by atoms with Crippen LogP contribution in [-0.4, -0.2) is 74.8 Å². The first-order valence-electron chi connectivity index (χ1n) is 24.6. The highest BCUT2D eigenvalue weighted by molar-refractivity contribution is 6.16. The van der Waals surface area contributed by atoms with Crippen LogP contribution in [0.15, 0.2) is 121 Å². The van der Waals surface area contributed by atoms with Gasteiger partial charge in [-0.2, -0.15) is 0 Å². The second-order valence-electron chi connectivity index (χ2n) is 20.1. The van der Waals surface area contributed by atoms with Crippen molar-refractivity contribution in [2.75, 3.05) is 0 Å². The third-order valence-corrected chi connectivity index (χ3v) is 16.1. The quantitative estimate of drug-likeness (QED) is 0.0740. The molecule has 6 aliphatic rings. The van der Waals surface area contributed by atoms with Crippen LogP contribution in [0.1, 0.15) is 126 Å². The summed E-state index contributed by atoms with van der Waals surface area (Å²) in [5, 5.41) is 105. The Kier molecular flexibility index (Phi) is 10.9. The van der Waals surface area contributed by atoms with E-state index < -0.39 is 24.4 Å². The summed E-state index contributed by atoms with van der Waals surface area (Å²) in [6, 6.07) is 34.9. The highest BCUT2D eigenvalue weighted by Crippen LogP contribution is 2.60. The van der Waals surface area contributed by atoms with Gasteiger partial charge in [-0.25, -0.2) is 0 Å². The molecule has 0 bridgehead atoms. The fraction of sp³-hybridized carbons (Fsp3) is 0.194. The van der Waals surface area contributed by atoms with Gasteiger partial charge in [-0.05, 0) is 150 Å². The average molecular weight is 987 g/mol. The van der Waals surface area contributed by atoms with Crippen molar-refractivity contribution < 1.29 is 60.7 Å². The van der Waals surface area contributed by atoms with Crippen molar-refractivity contribution in [1.29, 1.82) is 0 Å². The van der Waals surface area contributed by atoms with Gasteiger partial charge < -0.3 is 51.1 Å². The number of allylic oxidation sites excluding steroid dienone is 2. The summed E-state index contributed by atoms with van der Waals surface area (Å²) >= 11 is 0. The SMILES string of the molecule is Cc1ccc2c3c1[C@@H](O)C[C@H](O)C3=C1c3cccc(O)c3C(=O)CC12.Cc1ccc2c3c1[C@H](O)C[C@H](O)C3=C1c3cccc(O)c3C(=O)CC12.Oc1cccc2c(-c3ccc(O)c4c(O)cccc34)ccc(O)c12. The Labute approximate surface area is 424 Å². The largest absolute Gasteiger partial charge is 0.507 e. The molecule has 12 nitrogen and oxygen atoms in total. The number of aryl methyl sites for hydroxylation is 2. The molecule has 6 atom stereocenters. The minimum atomic E-state index is -0.772. The summed E-state index contributed by atoms with van der Waals surface area (Å²) in [7, 11) is 0. The molecule has 6 aliphatic carbocycles. The first-order valence-corrected chi connectivity index (χ1v) is 24.6. The van der Waals surface area contributed by atoms with Crippen molar-refractivity contribution in [3.63, 3.8) is 0 Å². The number of carbonyl (C=O) groups is 2. The second-order valence-corrected chi connectivity index (χ2v) is 20.1. The molecule has 0 aliphatic heterocycles. The summed E-state index contributed by atoms with van der Waals surface area (Å²) in [5.74, 6) is -0.419. The summed E-state index contributed by atoms with van der Waals surface area (Å²) in [6.45, 7) is 3.93. The van der Waals surface area contributed by atoms with Crippen LogP contribution in [0, 0.1) is 13.8 Å². The first kappa shape index (κ1) is 46.8. The summed E-state index contributed by atoms with van der Waals surface area (Å²) in [6.07, 6.45) is -1.88. The van der Waals surface area contributed by atoms with E-state index in [1.54, 1.807) is 36.4 Å². The molecule has 0 heterocycles. The highest BCUT2D eigenvalue weighted by Gasteiger charge is 2.47. The van der Waals surface area contributed by atoms with E-state index >= 15 is 0 Å². The molecule has 2 unspecified atom stereocenters. The van der Waals surface area contributed by atoms with Crippen LogP contribution in [0.2, 0.25) is 0 Å². The Morgan fingerprint density at radius 3 is 1.14 bits per heavy atom.